The van der Waals surface area contributed by atoms with Crippen LogP contribution < -0.4 is 5.32 Å². The van der Waals surface area contributed by atoms with E-state index in [1.54, 1.807) is 0 Å². The number of nitrogens with one attached hydrogen (secondary N) is 1. The van der Waals surface area contributed by atoms with Gasteiger partial charge in [-0.3, -0.25) is 0 Å². The second-order valence-electron chi connectivity index (χ2n) is 13.5. The average molecular weight is 412 g/mol. The normalized spacial score (nSPS) is 44.6. The lowest BCUT2D eigenvalue weighted by atomic mass is 9.67. The summed E-state index contributed by atoms with van der Waals surface area (Å²) in [6, 6.07) is 8.91. The van der Waals surface area contributed by atoms with Crippen LogP contribution in [0.5, 0.6) is 0 Å². The highest BCUT2D eigenvalue weighted by molar-refractivity contribution is 5.40. The van der Waals surface area contributed by atoms with Crippen LogP contribution in [0.25, 0.3) is 0 Å². The molecule has 1 aromatic carbocycles. The topological polar surface area (TPSA) is 21.3 Å². The van der Waals surface area contributed by atoms with Gasteiger partial charge in [-0.15, -0.1) is 0 Å². The molecule has 5 unspecified atom stereocenters. The summed E-state index contributed by atoms with van der Waals surface area (Å²) < 4.78 is 7.38. The molecule has 2 aliphatic carbocycles. The molecule has 3 aliphatic rings. The van der Waals surface area contributed by atoms with E-state index in [9.17, 15) is 0 Å². The number of hydrogen-bond acceptors (Lipinski definition) is 2. The second-order valence-corrected chi connectivity index (χ2v) is 13.5. The number of rotatable bonds is 1. The van der Waals surface area contributed by atoms with Crippen molar-refractivity contribution in [3.05, 3.63) is 35.4 Å². The van der Waals surface area contributed by atoms with E-state index in [0.29, 0.717) is 22.2 Å². The van der Waals surface area contributed by atoms with Crippen LogP contribution in [0.2, 0.25) is 0 Å². The van der Waals surface area contributed by atoms with Gasteiger partial charge in [0.15, 0.2) is 0 Å². The summed E-state index contributed by atoms with van der Waals surface area (Å²) in [5.74, 6) is 0.329. The fraction of sp³-hybridized carbons (Fsp3) is 0.786. The number of fused-ring (bicyclic) bond motifs is 1. The van der Waals surface area contributed by atoms with Crippen LogP contribution in [-0.2, 0) is 11.3 Å². The summed E-state index contributed by atoms with van der Waals surface area (Å²) >= 11 is 0. The quantitative estimate of drug-likeness (QED) is 0.533. The maximum atomic E-state index is 7.38. The molecule has 168 valence electrons. The van der Waals surface area contributed by atoms with Gasteiger partial charge in [0.05, 0.1) is 11.2 Å². The van der Waals surface area contributed by atoms with E-state index in [-0.39, 0.29) is 22.2 Å². The lowest BCUT2D eigenvalue weighted by Crippen LogP contribution is -2.65. The van der Waals surface area contributed by atoms with E-state index < -0.39 is 0 Å². The largest absolute Gasteiger partial charge is 0.366 e. The van der Waals surface area contributed by atoms with Crippen molar-refractivity contribution in [2.75, 3.05) is 0 Å². The standard InChI is InChI=1S/C28H45NO/c1-19-21-15-13-12-14-20(21)16-29-24(7,8)27(11,30-23(19,5)6)26(10)18-28(26)17-25(28,9)22(2,3)4/h12-15,19,29H,16-18H2,1-11H3. The Balaban J connectivity index is 1.79. The first kappa shape index (κ1) is 22.3. The molecular weight excluding hydrogens is 366 g/mol. The van der Waals surface area contributed by atoms with Crippen LogP contribution in [0.3, 0.4) is 0 Å². The highest BCUT2D eigenvalue weighted by Crippen LogP contribution is 2.94. The summed E-state index contributed by atoms with van der Waals surface area (Å²) in [6.45, 7) is 27.4. The zero-order valence-corrected chi connectivity index (χ0v) is 21.4. The molecule has 0 saturated heterocycles. The molecule has 4 rings (SSSR count). The Morgan fingerprint density at radius 3 is 2.10 bits per heavy atom. The molecule has 2 saturated carbocycles. The van der Waals surface area contributed by atoms with Gasteiger partial charge in [0.2, 0.25) is 0 Å². The second kappa shape index (κ2) is 5.93. The Labute approximate surface area is 185 Å². The molecule has 1 aromatic rings. The molecule has 2 fully saturated rings. The Kier molecular flexibility index (Phi) is 4.41. The zero-order chi connectivity index (χ0) is 22.6. The summed E-state index contributed by atoms with van der Waals surface area (Å²) in [6.07, 6.45) is 2.60. The van der Waals surface area contributed by atoms with Gasteiger partial charge >= 0.3 is 0 Å². The highest BCUT2D eigenvalue weighted by Gasteiger charge is 2.90. The van der Waals surface area contributed by atoms with Crippen molar-refractivity contribution in [1.82, 2.24) is 5.32 Å². The minimum atomic E-state index is -0.275. The fourth-order valence-electron chi connectivity index (χ4n) is 7.31. The molecule has 5 atom stereocenters. The third-order valence-corrected chi connectivity index (χ3v) is 10.8. The van der Waals surface area contributed by atoms with Crippen molar-refractivity contribution in [1.29, 1.82) is 0 Å². The minimum Gasteiger partial charge on any atom is -0.366 e. The van der Waals surface area contributed by atoms with Crippen LogP contribution in [0.1, 0.15) is 106 Å². The molecule has 0 aromatic heterocycles. The van der Waals surface area contributed by atoms with Gasteiger partial charge in [-0.2, -0.15) is 0 Å². The molecule has 1 N–H and O–H groups in total. The number of ether oxygens (including phenoxy) is 1. The molecule has 0 amide bonds. The molecule has 1 heterocycles. The van der Waals surface area contributed by atoms with Crippen LogP contribution in [-0.4, -0.2) is 16.7 Å². The molecular formula is C28H45NO. The van der Waals surface area contributed by atoms with Crippen molar-refractivity contribution in [3.8, 4) is 0 Å². The SMILES string of the molecule is CC1c2ccccc2CNC(C)(C)C(C)(C2(C)CC23CC3(C)C(C)(C)C)OC1(C)C. The monoisotopic (exact) mass is 411 g/mol. The molecule has 30 heavy (non-hydrogen) atoms. The summed E-state index contributed by atoms with van der Waals surface area (Å²) in [5.41, 5.74) is 3.39. The third kappa shape index (κ3) is 2.56. The van der Waals surface area contributed by atoms with Gasteiger partial charge < -0.3 is 10.1 Å². The van der Waals surface area contributed by atoms with E-state index in [4.69, 9.17) is 4.74 Å². The Morgan fingerprint density at radius 2 is 1.53 bits per heavy atom. The van der Waals surface area contributed by atoms with Crippen molar-refractivity contribution >= 4 is 0 Å². The summed E-state index contributed by atoms with van der Waals surface area (Å²) in [7, 11) is 0. The van der Waals surface area contributed by atoms with E-state index in [2.05, 4.69) is 106 Å². The van der Waals surface area contributed by atoms with Crippen molar-refractivity contribution in [2.24, 2.45) is 21.7 Å². The third-order valence-electron chi connectivity index (χ3n) is 10.8. The van der Waals surface area contributed by atoms with E-state index in [0.717, 1.165) is 6.54 Å². The summed E-state index contributed by atoms with van der Waals surface area (Å²) in [5, 5.41) is 3.96. The first-order chi connectivity index (χ1) is 13.5. The predicted octanol–water partition coefficient (Wildman–Crippen LogP) is 7.08. The lowest BCUT2D eigenvalue weighted by Gasteiger charge is -2.54. The molecule has 0 radical (unpaired) electrons. The van der Waals surface area contributed by atoms with Gasteiger partial charge in [0.1, 0.15) is 0 Å². The molecule has 1 spiro atoms. The van der Waals surface area contributed by atoms with Crippen LogP contribution in [0.15, 0.2) is 24.3 Å². The average Bonchev–Trinajstić information content (AvgIpc) is 3.45. The molecule has 2 heteroatoms. The minimum absolute atomic E-state index is 0.152. The van der Waals surface area contributed by atoms with Crippen LogP contribution in [0, 0.1) is 21.7 Å². The van der Waals surface area contributed by atoms with E-state index >= 15 is 0 Å². The predicted molar refractivity (Wildman–Crippen MR) is 127 cm³/mol. The van der Waals surface area contributed by atoms with E-state index in [1.807, 2.05) is 0 Å². The van der Waals surface area contributed by atoms with Gasteiger partial charge in [-0.1, -0.05) is 65.8 Å². The Morgan fingerprint density at radius 1 is 0.933 bits per heavy atom. The van der Waals surface area contributed by atoms with Gasteiger partial charge in [-0.25, -0.2) is 0 Å². The molecule has 2 nitrogen and oxygen atoms in total. The maximum absolute atomic E-state index is 7.38. The van der Waals surface area contributed by atoms with Crippen LogP contribution >= 0.6 is 0 Å². The van der Waals surface area contributed by atoms with Crippen LogP contribution in [0.4, 0.5) is 0 Å². The summed E-state index contributed by atoms with van der Waals surface area (Å²) in [4.78, 5) is 0. The van der Waals surface area contributed by atoms with Crippen molar-refractivity contribution in [3.63, 3.8) is 0 Å². The molecule has 0 bridgehead atoms. The number of benzene rings is 1. The first-order valence-corrected chi connectivity index (χ1v) is 12.0. The molecule has 1 aliphatic heterocycles. The van der Waals surface area contributed by atoms with Gasteiger partial charge in [0.25, 0.3) is 0 Å². The maximum Gasteiger partial charge on any atom is 0.0896 e. The van der Waals surface area contributed by atoms with Crippen molar-refractivity contribution in [2.45, 2.75) is 118 Å². The Bertz CT molecular complexity index is 864. The van der Waals surface area contributed by atoms with Gasteiger partial charge in [0, 0.05) is 23.4 Å². The van der Waals surface area contributed by atoms with Gasteiger partial charge in [-0.05, 0) is 74.8 Å². The fourth-order valence-corrected chi connectivity index (χ4v) is 7.31. The van der Waals surface area contributed by atoms with E-state index in [1.165, 1.54) is 24.0 Å². The highest BCUT2D eigenvalue weighted by atomic mass is 16.5. The Hall–Kier alpha value is -0.860. The smallest absolute Gasteiger partial charge is 0.0896 e. The zero-order valence-electron chi connectivity index (χ0n) is 21.4. The first-order valence-electron chi connectivity index (χ1n) is 12.0. The number of hydrogen-bond donors (Lipinski definition) is 1. The van der Waals surface area contributed by atoms with Crippen molar-refractivity contribution < 1.29 is 4.74 Å². The lowest BCUT2D eigenvalue weighted by molar-refractivity contribution is -0.210.